The third-order valence-corrected chi connectivity index (χ3v) is 7.02. The molecule has 0 saturated carbocycles. The van der Waals surface area contributed by atoms with Crippen LogP contribution in [0.4, 0.5) is 5.69 Å². The van der Waals surface area contributed by atoms with Crippen molar-refractivity contribution in [2.75, 3.05) is 5.32 Å². The second kappa shape index (κ2) is 6.65. The third-order valence-electron chi connectivity index (χ3n) is 7.02. The van der Waals surface area contributed by atoms with Gasteiger partial charge in [-0.2, -0.15) is 0 Å². The molecule has 0 radical (unpaired) electrons. The van der Waals surface area contributed by atoms with Crippen LogP contribution in [0, 0.1) is 18.8 Å². The van der Waals surface area contributed by atoms with E-state index in [9.17, 15) is 19.5 Å². The molecular formula is C25H27N3O4. The summed E-state index contributed by atoms with van der Waals surface area (Å²) in [5.41, 5.74) is 1.28. The molecule has 2 aromatic rings. The second-order valence-electron chi connectivity index (χ2n) is 10.1. The van der Waals surface area contributed by atoms with Gasteiger partial charge in [-0.25, -0.2) is 0 Å². The Morgan fingerprint density at radius 1 is 1.03 bits per heavy atom. The van der Waals surface area contributed by atoms with Crippen LogP contribution in [0.5, 0.6) is 5.75 Å². The Balaban J connectivity index is 1.66. The number of likely N-dealkylation sites (tertiary alicyclic amines) is 1. The number of phenols is 1. The summed E-state index contributed by atoms with van der Waals surface area (Å²) in [5, 5.41) is 16.1. The largest absolute Gasteiger partial charge is 0.508 e. The van der Waals surface area contributed by atoms with Gasteiger partial charge in [-0.05, 0) is 57.4 Å². The van der Waals surface area contributed by atoms with Crippen molar-refractivity contribution in [2.24, 2.45) is 11.8 Å². The number of nitrogens with one attached hydrogen (secondary N) is 2. The quantitative estimate of drug-likeness (QED) is 0.632. The number of carbonyl (C=O) groups excluding carboxylic acids is 3. The highest BCUT2D eigenvalue weighted by Gasteiger charge is 2.71. The maximum absolute atomic E-state index is 13.7. The Morgan fingerprint density at radius 3 is 2.38 bits per heavy atom. The molecule has 1 spiro atoms. The van der Waals surface area contributed by atoms with Gasteiger partial charge >= 0.3 is 0 Å². The minimum absolute atomic E-state index is 0.160. The number of nitrogens with zero attached hydrogens (tertiary/aromatic N) is 1. The van der Waals surface area contributed by atoms with Gasteiger partial charge in [0.05, 0.1) is 11.8 Å². The van der Waals surface area contributed by atoms with Crippen molar-refractivity contribution in [1.29, 1.82) is 0 Å². The van der Waals surface area contributed by atoms with Crippen LogP contribution in [0.15, 0.2) is 42.5 Å². The summed E-state index contributed by atoms with van der Waals surface area (Å²) in [7, 11) is 0. The molecule has 7 heteroatoms. The summed E-state index contributed by atoms with van der Waals surface area (Å²) in [6, 6.07) is 12.0. The number of aromatic hydroxyl groups is 1. The number of anilines is 1. The number of hydrogen-bond acceptors (Lipinski definition) is 5. The molecule has 0 aliphatic carbocycles. The molecule has 0 bridgehead atoms. The first-order valence-electron chi connectivity index (χ1n) is 10.9. The van der Waals surface area contributed by atoms with E-state index in [1.807, 2.05) is 45.9 Å². The van der Waals surface area contributed by atoms with Gasteiger partial charge in [0, 0.05) is 22.8 Å². The van der Waals surface area contributed by atoms with Crippen molar-refractivity contribution >= 4 is 23.4 Å². The molecule has 0 unspecified atom stereocenters. The van der Waals surface area contributed by atoms with Crippen LogP contribution < -0.4 is 10.6 Å². The molecular weight excluding hydrogens is 406 g/mol. The molecule has 3 N–H and O–H groups in total. The maximum Gasteiger partial charge on any atom is 0.250 e. The van der Waals surface area contributed by atoms with Crippen LogP contribution in [0.1, 0.15) is 37.5 Å². The molecule has 32 heavy (non-hydrogen) atoms. The number of rotatable bonds is 2. The number of para-hydroxylation sites is 1. The fraction of sp³-hybridized carbons (Fsp3) is 0.400. The molecule has 2 aromatic carbocycles. The van der Waals surface area contributed by atoms with Gasteiger partial charge < -0.3 is 10.4 Å². The third kappa shape index (κ3) is 2.67. The van der Waals surface area contributed by atoms with E-state index < -0.39 is 29.0 Å². The van der Waals surface area contributed by atoms with E-state index in [4.69, 9.17) is 0 Å². The van der Waals surface area contributed by atoms with E-state index >= 15 is 0 Å². The molecule has 3 aliphatic rings. The van der Waals surface area contributed by atoms with Gasteiger partial charge in [0.25, 0.3) is 0 Å². The average molecular weight is 434 g/mol. The second-order valence-corrected chi connectivity index (χ2v) is 10.1. The van der Waals surface area contributed by atoms with Gasteiger partial charge in [-0.15, -0.1) is 0 Å². The van der Waals surface area contributed by atoms with E-state index in [-0.39, 0.29) is 23.5 Å². The lowest BCUT2D eigenvalue weighted by Crippen LogP contribution is -2.56. The summed E-state index contributed by atoms with van der Waals surface area (Å²) in [4.78, 5) is 42.2. The number of carbonyl (C=O) groups is 3. The van der Waals surface area contributed by atoms with Gasteiger partial charge in [-0.1, -0.05) is 30.3 Å². The predicted octanol–water partition coefficient (Wildman–Crippen LogP) is 2.46. The van der Waals surface area contributed by atoms with Gasteiger partial charge in [-0.3, -0.25) is 24.6 Å². The molecule has 7 nitrogen and oxygen atoms in total. The zero-order valence-corrected chi connectivity index (χ0v) is 18.6. The van der Waals surface area contributed by atoms with Crippen molar-refractivity contribution in [3.05, 3.63) is 59.2 Å². The molecule has 2 fully saturated rings. The van der Waals surface area contributed by atoms with E-state index in [2.05, 4.69) is 10.6 Å². The lowest BCUT2D eigenvalue weighted by atomic mass is 9.76. The van der Waals surface area contributed by atoms with Crippen LogP contribution >= 0.6 is 0 Å². The van der Waals surface area contributed by atoms with Gasteiger partial charge in [0.2, 0.25) is 17.7 Å². The number of benzene rings is 2. The topological polar surface area (TPSA) is 98.7 Å². The monoisotopic (exact) mass is 433 g/mol. The SMILES string of the molecule is Cc1cccc2c1NC(=O)[C@]21N[C@@H](Cc2ccc(O)cc2)[C@H]2C(=O)N(C(C)(C)C)C(=O)[C@H]21. The van der Waals surface area contributed by atoms with Crippen molar-refractivity contribution < 1.29 is 19.5 Å². The Hall–Kier alpha value is -3.19. The molecule has 4 atom stereocenters. The summed E-state index contributed by atoms with van der Waals surface area (Å²) < 4.78 is 0. The van der Waals surface area contributed by atoms with Crippen molar-refractivity contribution in [3.8, 4) is 5.75 Å². The summed E-state index contributed by atoms with van der Waals surface area (Å²) in [6.45, 7) is 7.44. The minimum Gasteiger partial charge on any atom is -0.508 e. The average Bonchev–Trinajstić information content (AvgIpc) is 3.29. The van der Waals surface area contributed by atoms with Gasteiger partial charge in [0.1, 0.15) is 11.3 Å². The highest BCUT2D eigenvalue weighted by atomic mass is 16.3. The van der Waals surface area contributed by atoms with Crippen molar-refractivity contribution in [3.63, 3.8) is 0 Å². The lowest BCUT2D eigenvalue weighted by Gasteiger charge is -2.34. The number of fused-ring (bicyclic) bond motifs is 4. The summed E-state index contributed by atoms with van der Waals surface area (Å²) in [6.07, 6.45) is 0.453. The zero-order valence-electron chi connectivity index (χ0n) is 18.6. The standard InChI is InChI=1S/C25H27N3O4/c1-13-6-5-7-16-20(13)26-23(32)25(16)19-18(21(30)28(22(19)31)24(2,3)4)17(27-25)12-14-8-10-15(29)11-9-14/h5-11,17-19,27,29H,12H2,1-4H3,(H,26,32)/t17-,18+,19-,25-/m0/s1. The van der Waals surface area contributed by atoms with Crippen LogP contribution in [-0.2, 0) is 26.3 Å². The number of hydrogen-bond donors (Lipinski definition) is 3. The molecule has 3 heterocycles. The zero-order chi connectivity index (χ0) is 23.0. The molecule has 166 valence electrons. The van der Waals surface area contributed by atoms with Crippen LogP contribution in [0.3, 0.4) is 0 Å². The highest BCUT2D eigenvalue weighted by Crippen LogP contribution is 2.54. The predicted molar refractivity (Wildman–Crippen MR) is 119 cm³/mol. The molecule has 3 amide bonds. The Labute approximate surface area is 186 Å². The van der Waals surface area contributed by atoms with Crippen molar-refractivity contribution in [1.82, 2.24) is 10.2 Å². The number of imide groups is 1. The fourth-order valence-electron chi connectivity index (χ4n) is 5.70. The lowest BCUT2D eigenvalue weighted by molar-refractivity contribution is -0.147. The molecule has 5 rings (SSSR count). The Bertz CT molecular complexity index is 1150. The number of phenolic OH excluding ortho intramolecular Hbond substituents is 1. The van der Waals surface area contributed by atoms with Crippen LogP contribution in [0.25, 0.3) is 0 Å². The van der Waals surface area contributed by atoms with E-state index in [0.29, 0.717) is 12.1 Å². The Morgan fingerprint density at radius 2 is 1.72 bits per heavy atom. The van der Waals surface area contributed by atoms with Crippen molar-refractivity contribution in [2.45, 2.75) is 51.2 Å². The first kappa shape index (κ1) is 20.7. The number of aryl methyl sites for hydroxylation is 1. The van der Waals surface area contributed by atoms with Gasteiger partial charge in [0.15, 0.2) is 0 Å². The fourth-order valence-corrected chi connectivity index (χ4v) is 5.70. The molecule has 3 aliphatic heterocycles. The van der Waals surface area contributed by atoms with Crippen LogP contribution in [-0.4, -0.2) is 39.3 Å². The Kier molecular flexibility index (Phi) is 4.30. The van der Waals surface area contributed by atoms with Crippen LogP contribution in [0.2, 0.25) is 0 Å². The van der Waals surface area contributed by atoms with E-state index in [1.165, 1.54) is 4.90 Å². The highest BCUT2D eigenvalue weighted by molar-refractivity contribution is 6.15. The van der Waals surface area contributed by atoms with E-state index in [0.717, 1.165) is 16.7 Å². The smallest absolute Gasteiger partial charge is 0.250 e. The number of amides is 3. The summed E-state index contributed by atoms with van der Waals surface area (Å²) in [5.74, 6) is -2.16. The first-order valence-corrected chi connectivity index (χ1v) is 10.9. The first-order chi connectivity index (χ1) is 15.1. The maximum atomic E-state index is 13.7. The van der Waals surface area contributed by atoms with E-state index in [1.54, 1.807) is 24.3 Å². The molecule has 0 aromatic heterocycles. The summed E-state index contributed by atoms with van der Waals surface area (Å²) >= 11 is 0. The normalized spacial score (nSPS) is 28.9. The molecule has 2 saturated heterocycles. The minimum atomic E-state index is -1.29.